The maximum Gasteiger partial charge on any atom is 0.338 e. The highest BCUT2D eigenvalue weighted by Gasteiger charge is 2.38. The number of pyridine rings is 1. The van der Waals surface area contributed by atoms with E-state index < -0.39 is 20.1 Å². The fraction of sp³-hybridized carbons (Fsp3) is 0.419. The van der Waals surface area contributed by atoms with E-state index in [-0.39, 0.29) is 16.5 Å². The number of rotatable bonds is 7. The lowest BCUT2D eigenvalue weighted by molar-refractivity contribution is 0.0692. The zero-order valence-electron chi connectivity index (χ0n) is 22.8. The second-order valence-electron chi connectivity index (χ2n) is 11.8. The molecule has 0 fully saturated rings. The van der Waals surface area contributed by atoms with Gasteiger partial charge < -0.3 is 9.90 Å². The molecule has 2 aromatic carbocycles. The largest absolute Gasteiger partial charge is 0.478 e. The van der Waals surface area contributed by atoms with Crippen LogP contribution < -0.4 is 0 Å². The maximum atomic E-state index is 14.5. The summed E-state index contributed by atoms with van der Waals surface area (Å²) in [6, 6.07) is 12.8. The van der Waals surface area contributed by atoms with Crippen LogP contribution in [0.3, 0.4) is 0 Å². The molecule has 1 aliphatic rings. The van der Waals surface area contributed by atoms with E-state index in [4.69, 9.17) is 4.98 Å². The molecule has 1 heterocycles. The Morgan fingerprint density at radius 2 is 1.84 bits per heavy atom. The number of aromatic carboxylic acids is 1. The Labute approximate surface area is 220 Å². The van der Waals surface area contributed by atoms with Gasteiger partial charge in [0.15, 0.2) is 8.32 Å². The third kappa shape index (κ3) is 5.27. The Balaban J connectivity index is 2.04. The van der Waals surface area contributed by atoms with Crippen molar-refractivity contribution >= 4 is 14.3 Å². The van der Waals surface area contributed by atoms with Crippen molar-refractivity contribution in [3.8, 4) is 22.4 Å². The minimum absolute atomic E-state index is 0.136. The average Bonchev–Trinajstić information content (AvgIpc) is 3.00. The molecule has 0 unspecified atom stereocenters. The van der Waals surface area contributed by atoms with Crippen LogP contribution in [0.25, 0.3) is 22.4 Å². The number of fused-ring (bicyclic) bond motifs is 3. The van der Waals surface area contributed by atoms with E-state index in [1.165, 1.54) is 17.7 Å². The van der Waals surface area contributed by atoms with Crippen LogP contribution in [-0.2, 0) is 19.3 Å². The quantitative estimate of drug-likeness (QED) is 0.313. The molecule has 3 aromatic rings. The smallest absolute Gasteiger partial charge is 0.338 e. The summed E-state index contributed by atoms with van der Waals surface area (Å²) in [4.78, 5) is 28.1. The van der Waals surface area contributed by atoms with Gasteiger partial charge >= 0.3 is 5.97 Å². The van der Waals surface area contributed by atoms with Crippen molar-refractivity contribution in [1.29, 1.82) is 0 Å². The molecule has 37 heavy (non-hydrogen) atoms. The number of aryl methyl sites for hydroxylation is 1. The fourth-order valence-corrected chi connectivity index (χ4v) is 5.98. The predicted octanol–water partition coefficient (Wildman–Crippen LogP) is 7.78. The van der Waals surface area contributed by atoms with Gasteiger partial charge in [-0.1, -0.05) is 58.0 Å². The van der Waals surface area contributed by atoms with E-state index in [2.05, 4.69) is 45.9 Å². The molecular weight excluding hydrogens is 481 g/mol. The van der Waals surface area contributed by atoms with Crippen LogP contribution in [0.4, 0.5) is 4.39 Å². The number of carboxylic acids is 1. The summed E-state index contributed by atoms with van der Waals surface area (Å²) in [6.45, 7) is 12.5. The summed E-state index contributed by atoms with van der Waals surface area (Å²) in [5.41, 5.74) is 7.89. The van der Waals surface area contributed by atoms with Crippen molar-refractivity contribution in [1.82, 2.24) is 4.98 Å². The first kappa shape index (κ1) is 27.2. The third-order valence-corrected chi connectivity index (χ3v) is 11.8. The Hall–Kier alpha value is -2.83. The summed E-state index contributed by atoms with van der Waals surface area (Å²) in [6.07, 6.45) is 4.18. The summed E-state index contributed by atoms with van der Waals surface area (Å²) in [7, 11) is -2.44. The number of halogens is 1. The van der Waals surface area contributed by atoms with Gasteiger partial charge in [0.2, 0.25) is 0 Å². The van der Waals surface area contributed by atoms with Crippen LogP contribution >= 0.6 is 0 Å². The lowest BCUT2D eigenvalue weighted by Crippen LogP contribution is -2.39. The molecular formula is C31H38FNO3Si. The molecule has 0 saturated heterocycles. The van der Waals surface area contributed by atoms with Crippen molar-refractivity contribution in [2.75, 3.05) is 0 Å². The highest BCUT2D eigenvalue weighted by molar-refractivity contribution is 6.72. The molecule has 0 spiro atoms. The van der Waals surface area contributed by atoms with Crippen LogP contribution in [0.15, 0.2) is 42.5 Å². The van der Waals surface area contributed by atoms with Gasteiger partial charge in [-0.3, -0.25) is 4.98 Å². The number of nitrogens with zero attached hydrogens (tertiary/aromatic N) is 1. The van der Waals surface area contributed by atoms with Gasteiger partial charge in [-0.15, -0.1) is 0 Å². The minimum atomic E-state index is -2.44. The number of hydrogen-bond acceptors (Lipinski definition) is 3. The van der Waals surface area contributed by atoms with Crippen molar-refractivity contribution in [2.45, 2.75) is 83.8 Å². The topological polar surface area (TPSA) is 70.4 Å². The normalized spacial score (nSPS) is 13.8. The summed E-state index contributed by atoms with van der Waals surface area (Å²) >= 11 is 0. The van der Waals surface area contributed by atoms with Crippen LogP contribution in [-0.4, -0.2) is 29.2 Å². The number of hydrogen-bond donors (Lipinski definition) is 2. The zero-order chi connectivity index (χ0) is 27.1. The lowest BCUT2D eigenvalue weighted by atomic mass is 9.84. The van der Waals surface area contributed by atoms with Crippen molar-refractivity contribution in [3.63, 3.8) is 0 Å². The molecule has 6 heteroatoms. The Morgan fingerprint density at radius 3 is 2.49 bits per heavy atom. The van der Waals surface area contributed by atoms with E-state index >= 15 is 0 Å². The standard InChI is InChI=1S/C31H38FNO3Si/c1-19(2)28-24(16-17-31(3,4)37(5,6)36)27(21-14-15-26(32)25(18-21)30(34)35)23-13-9-11-20-10-7-8-12-22(20)29(23)33-28/h7-8,10,12,14-15,18-19,36H,9,11,13,16-17H2,1-6H3,(H,34,35). The molecule has 0 radical (unpaired) electrons. The molecule has 0 amide bonds. The van der Waals surface area contributed by atoms with Crippen LogP contribution in [0.1, 0.15) is 79.2 Å². The van der Waals surface area contributed by atoms with Crippen molar-refractivity contribution in [3.05, 3.63) is 76.2 Å². The average molecular weight is 520 g/mol. The van der Waals surface area contributed by atoms with Gasteiger partial charge in [0.25, 0.3) is 0 Å². The van der Waals surface area contributed by atoms with Crippen molar-refractivity contribution < 1.29 is 19.1 Å². The van der Waals surface area contributed by atoms with Crippen molar-refractivity contribution in [2.24, 2.45) is 0 Å². The molecule has 1 aromatic heterocycles. The number of benzene rings is 2. The van der Waals surface area contributed by atoms with E-state index in [0.29, 0.717) is 12.0 Å². The molecule has 0 saturated carbocycles. The van der Waals surface area contributed by atoms with Gasteiger partial charge in [0, 0.05) is 11.3 Å². The highest BCUT2D eigenvalue weighted by Crippen LogP contribution is 2.45. The van der Waals surface area contributed by atoms with Crippen LogP contribution in [0, 0.1) is 5.82 Å². The molecule has 1 aliphatic carbocycles. The SMILES string of the molecule is CC(C)c1nc2c(c(-c3ccc(F)c(C(=O)O)c3)c1CCC(C)(C)[Si](C)(C)O)CCCc1ccccc1-2. The Bertz CT molecular complexity index is 1340. The number of carboxylic acid groups (broad SMARTS) is 1. The van der Waals surface area contributed by atoms with Gasteiger partial charge in [-0.25, -0.2) is 9.18 Å². The monoisotopic (exact) mass is 519 g/mol. The lowest BCUT2D eigenvalue weighted by Gasteiger charge is -2.36. The molecule has 0 bridgehead atoms. The summed E-state index contributed by atoms with van der Waals surface area (Å²) < 4.78 is 14.5. The van der Waals surface area contributed by atoms with Gasteiger partial charge in [0.05, 0.1) is 11.3 Å². The van der Waals surface area contributed by atoms with Gasteiger partial charge in [-0.2, -0.15) is 0 Å². The first-order valence-electron chi connectivity index (χ1n) is 13.2. The first-order chi connectivity index (χ1) is 17.3. The third-order valence-electron chi connectivity index (χ3n) is 8.26. The summed E-state index contributed by atoms with van der Waals surface area (Å²) in [5, 5.41) is 9.46. The van der Waals surface area contributed by atoms with Crippen LogP contribution in [0.5, 0.6) is 0 Å². The van der Waals surface area contributed by atoms with E-state index in [0.717, 1.165) is 59.3 Å². The second kappa shape index (κ2) is 10.1. The highest BCUT2D eigenvalue weighted by atomic mass is 28.4. The van der Waals surface area contributed by atoms with Crippen LogP contribution in [0.2, 0.25) is 18.1 Å². The molecule has 4 rings (SSSR count). The Morgan fingerprint density at radius 1 is 1.14 bits per heavy atom. The Kier molecular flexibility index (Phi) is 7.46. The zero-order valence-corrected chi connectivity index (χ0v) is 23.8. The van der Waals surface area contributed by atoms with Gasteiger partial charge in [-0.05, 0) is 96.1 Å². The fourth-order valence-electron chi connectivity index (χ4n) is 5.24. The first-order valence-corrected chi connectivity index (χ1v) is 16.2. The number of carbonyl (C=O) groups is 1. The molecule has 0 aliphatic heterocycles. The van der Waals surface area contributed by atoms with E-state index in [1.54, 1.807) is 6.07 Å². The predicted molar refractivity (Wildman–Crippen MR) is 150 cm³/mol. The minimum Gasteiger partial charge on any atom is -0.478 e. The van der Waals surface area contributed by atoms with E-state index in [1.807, 2.05) is 19.2 Å². The molecule has 2 N–H and O–H groups in total. The van der Waals surface area contributed by atoms with Gasteiger partial charge in [0.1, 0.15) is 5.82 Å². The maximum absolute atomic E-state index is 14.5. The number of aromatic nitrogens is 1. The second-order valence-corrected chi connectivity index (χ2v) is 16.3. The molecule has 4 nitrogen and oxygen atoms in total. The molecule has 0 atom stereocenters. The summed E-state index contributed by atoms with van der Waals surface area (Å²) in [5.74, 6) is -1.87. The van der Waals surface area contributed by atoms with E-state index in [9.17, 15) is 19.1 Å². The molecule has 196 valence electrons.